The summed E-state index contributed by atoms with van der Waals surface area (Å²) in [4.78, 5) is 13.5. The third-order valence-corrected chi connectivity index (χ3v) is 5.16. The molecule has 6 heteroatoms. The van der Waals surface area contributed by atoms with Crippen LogP contribution in [0.5, 0.6) is 0 Å². The van der Waals surface area contributed by atoms with Crippen molar-refractivity contribution in [1.82, 2.24) is 9.62 Å². The molecular formula is C13H26N2O3S. The number of carbonyl (C=O) groups excluding carboxylic acids is 1. The normalized spacial score (nSPS) is 17.4. The van der Waals surface area contributed by atoms with Gasteiger partial charge in [-0.1, -0.05) is 26.2 Å². The van der Waals surface area contributed by atoms with E-state index < -0.39 is 10.0 Å². The SMILES string of the molecule is CCCS(=O)(=O)NCCN(C(C)=O)C1CCCCC1. The van der Waals surface area contributed by atoms with E-state index in [2.05, 4.69) is 4.72 Å². The number of rotatable bonds is 7. The van der Waals surface area contributed by atoms with Gasteiger partial charge in [-0.25, -0.2) is 13.1 Å². The predicted molar refractivity (Wildman–Crippen MR) is 76.3 cm³/mol. The zero-order valence-electron chi connectivity index (χ0n) is 12.0. The van der Waals surface area contributed by atoms with Crippen LogP contribution in [0, 0.1) is 0 Å². The van der Waals surface area contributed by atoms with Gasteiger partial charge in [0.1, 0.15) is 0 Å². The summed E-state index contributed by atoms with van der Waals surface area (Å²) in [5.41, 5.74) is 0. The largest absolute Gasteiger partial charge is 0.339 e. The first kappa shape index (κ1) is 16.4. The Morgan fingerprint density at radius 2 is 1.89 bits per heavy atom. The van der Waals surface area contributed by atoms with Crippen LogP contribution in [0.15, 0.2) is 0 Å². The van der Waals surface area contributed by atoms with E-state index in [0.717, 1.165) is 25.7 Å². The number of hydrogen-bond acceptors (Lipinski definition) is 3. The summed E-state index contributed by atoms with van der Waals surface area (Å²) in [6.07, 6.45) is 6.26. The third-order valence-electron chi connectivity index (χ3n) is 3.57. The molecule has 0 heterocycles. The van der Waals surface area contributed by atoms with Crippen molar-refractivity contribution in [3.05, 3.63) is 0 Å². The molecule has 1 rings (SSSR count). The first-order valence-corrected chi connectivity index (χ1v) is 8.86. The molecule has 1 saturated carbocycles. The van der Waals surface area contributed by atoms with Gasteiger partial charge in [0, 0.05) is 26.1 Å². The van der Waals surface area contributed by atoms with Gasteiger partial charge in [-0.2, -0.15) is 0 Å². The smallest absolute Gasteiger partial charge is 0.219 e. The minimum Gasteiger partial charge on any atom is -0.339 e. The van der Waals surface area contributed by atoms with Crippen LogP contribution in [-0.2, 0) is 14.8 Å². The van der Waals surface area contributed by atoms with Crippen molar-refractivity contribution >= 4 is 15.9 Å². The summed E-state index contributed by atoms with van der Waals surface area (Å²) in [6, 6.07) is 0.293. The van der Waals surface area contributed by atoms with Crippen LogP contribution in [0.25, 0.3) is 0 Å². The van der Waals surface area contributed by atoms with E-state index in [-0.39, 0.29) is 11.7 Å². The van der Waals surface area contributed by atoms with E-state index in [1.807, 2.05) is 11.8 Å². The van der Waals surface area contributed by atoms with Gasteiger partial charge >= 0.3 is 0 Å². The van der Waals surface area contributed by atoms with Crippen LogP contribution >= 0.6 is 0 Å². The summed E-state index contributed by atoms with van der Waals surface area (Å²) in [6.45, 7) is 4.19. The summed E-state index contributed by atoms with van der Waals surface area (Å²) < 4.78 is 25.6. The molecule has 1 aliphatic carbocycles. The Labute approximate surface area is 116 Å². The Bertz CT molecular complexity index is 375. The van der Waals surface area contributed by atoms with E-state index in [4.69, 9.17) is 0 Å². The quantitative estimate of drug-likeness (QED) is 0.772. The summed E-state index contributed by atoms with van der Waals surface area (Å²) in [5, 5.41) is 0. The van der Waals surface area contributed by atoms with Gasteiger partial charge in [-0.3, -0.25) is 4.79 Å². The van der Waals surface area contributed by atoms with Crippen molar-refractivity contribution in [3.8, 4) is 0 Å². The molecule has 112 valence electrons. The monoisotopic (exact) mass is 290 g/mol. The molecule has 0 radical (unpaired) electrons. The maximum Gasteiger partial charge on any atom is 0.219 e. The lowest BCUT2D eigenvalue weighted by Crippen LogP contribution is -2.44. The van der Waals surface area contributed by atoms with Crippen molar-refractivity contribution in [2.75, 3.05) is 18.8 Å². The molecular weight excluding hydrogens is 264 g/mol. The van der Waals surface area contributed by atoms with Crippen molar-refractivity contribution in [2.24, 2.45) is 0 Å². The van der Waals surface area contributed by atoms with E-state index >= 15 is 0 Å². The van der Waals surface area contributed by atoms with Gasteiger partial charge in [0.2, 0.25) is 15.9 Å². The van der Waals surface area contributed by atoms with E-state index in [1.54, 1.807) is 6.92 Å². The molecule has 5 nitrogen and oxygen atoms in total. The zero-order valence-corrected chi connectivity index (χ0v) is 12.8. The minimum atomic E-state index is -3.17. The predicted octanol–water partition coefficient (Wildman–Crippen LogP) is 1.50. The number of sulfonamides is 1. The molecule has 0 unspecified atom stereocenters. The van der Waals surface area contributed by atoms with E-state index in [9.17, 15) is 13.2 Å². The van der Waals surface area contributed by atoms with Crippen LogP contribution in [0.3, 0.4) is 0 Å². The second kappa shape index (κ2) is 7.85. The Balaban J connectivity index is 2.44. The maximum absolute atomic E-state index is 11.7. The highest BCUT2D eigenvalue weighted by atomic mass is 32.2. The minimum absolute atomic E-state index is 0.0431. The number of nitrogens with zero attached hydrogens (tertiary/aromatic N) is 1. The maximum atomic E-state index is 11.7. The Hall–Kier alpha value is -0.620. The fraction of sp³-hybridized carbons (Fsp3) is 0.923. The van der Waals surface area contributed by atoms with Gasteiger partial charge in [0.25, 0.3) is 0 Å². The molecule has 0 atom stereocenters. The molecule has 1 fully saturated rings. The lowest BCUT2D eigenvalue weighted by molar-refractivity contribution is -0.131. The fourth-order valence-corrected chi connectivity index (χ4v) is 3.74. The highest BCUT2D eigenvalue weighted by Gasteiger charge is 2.23. The molecule has 1 N–H and O–H groups in total. The average molecular weight is 290 g/mol. The van der Waals surface area contributed by atoms with Crippen LogP contribution in [0.1, 0.15) is 52.4 Å². The number of amides is 1. The second-order valence-corrected chi connectivity index (χ2v) is 7.14. The van der Waals surface area contributed by atoms with Crippen molar-refractivity contribution in [1.29, 1.82) is 0 Å². The third kappa shape index (κ3) is 5.91. The number of carbonyl (C=O) groups is 1. The highest BCUT2D eigenvalue weighted by molar-refractivity contribution is 7.89. The Morgan fingerprint density at radius 1 is 1.26 bits per heavy atom. The standard InChI is InChI=1S/C13H26N2O3S/c1-3-11-19(17,18)14-9-10-15(12(2)16)13-7-5-4-6-8-13/h13-14H,3-11H2,1-2H3. The van der Waals surface area contributed by atoms with Gasteiger partial charge < -0.3 is 4.90 Å². The summed E-state index contributed by atoms with van der Waals surface area (Å²) >= 11 is 0. The van der Waals surface area contributed by atoms with Gasteiger partial charge in [-0.15, -0.1) is 0 Å². The lowest BCUT2D eigenvalue weighted by Gasteiger charge is -2.33. The molecule has 1 aliphatic rings. The molecule has 1 amide bonds. The van der Waals surface area contributed by atoms with Crippen molar-refractivity contribution < 1.29 is 13.2 Å². The molecule has 0 bridgehead atoms. The van der Waals surface area contributed by atoms with Crippen LogP contribution in [-0.4, -0.2) is 44.1 Å². The second-order valence-electron chi connectivity index (χ2n) is 5.22. The van der Waals surface area contributed by atoms with Crippen LogP contribution < -0.4 is 4.72 Å². The van der Waals surface area contributed by atoms with Gasteiger partial charge in [0.05, 0.1) is 5.75 Å². The molecule has 0 aromatic carbocycles. The number of nitrogens with one attached hydrogen (secondary N) is 1. The van der Waals surface area contributed by atoms with Crippen LogP contribution in [0.2, 0.25) is 0 Å². The van der Waals surface area contributed by atoms with Crippen molar-refractivity contribution in [2.45, 2.75) is 58.4 Å². The summed E-state index contributed by atoms with van der Waals surface area (Å²) in [5.74, 6) is 0.192. The average Bonchev–Trinajstić information content (AvgIpc) is 2.35. The lowest BCUT2D eigenvalue weighted by atomic mass is 9.94. The topological polar surface area (TPSA) is 66.5 Å². The molecule has 19 heavy (non-hydrogen) atoms. The molecule has 0 saturated heterocycles. The molecule has 0 aliphatic heterocycles. The van der Waals surface area contributed by atoms with Gasteiger partial charge in [0.15, 0.2) is 0 Å². The van der Waals surface area contributed by atoms with E-state index in [1.165, 1.54) is 6.42 Å². The number of hydrogen-bond donors (Lipinski definition) is 1. The molecule has 0 spiro atoms. The van der Waals surface area contributed by atoms with E-state index in [0.29, 0.717) is 25.6 Å². The van der Waals surface area contributed by atoms with Crippen LogP contribution in [0.4, 0.5) is 0 Å². The summed E-state index contributed by atoms with van der Waals surface area (Å²) in [7, 11) is -3.17. The Kier molecular flexibility index (Phi) is 6.79. The molecule has 0 aromatic rings. The van der Waals surface area contributed by atoms with Gasteiger partial charge in [-0.05, 0) is 19.3 Å². The van der Waals surface area contributed by atoms with Crippen molar-refractivity contribution in [3.63, 3.8) is 0 Å². The first-order valence-electron chi connectivity index (χ1n) is 7.21. The fourth-order valence-electron chi connectivity index (χ4n) is 2.65. The highest BCUT2D eigenvalue weighted by Crippen LogP contribution is 2.22. The zero-order chi connectivity index (χ0) is 14.3. The molecule has 0 aromatic heterocycles. The Morgan fingerprint density at radius 3 is 2.42 bits per heavy atom. The first-order chi connectivity index (χ1) is 8.96.